The van der Waals surface area contributed by atoms with Crippen LogP contribution in [0, 0.1) is 5.92 Å². The standard InChI is InChI=1S/C19H28N4OS/c1-5-14-8-10-25-18(14)19(24)22(3)12-15-7-6-9-21(2)17(15)16-11-20-23(4)13-16/h8,10-11,13,15,17H,5-7,9,12H2,1-4H3/t15-,17+/m0/s1. The Hall–Kier alpha value is -1.66. The number of piperidine rings is 1. The Bertz CT molecular complexity index is 723. The van der Waals surface area contributed by atoms with E-state index < -0.39 is 0 Å². The van der Waals surface area contributed by atoms with Crippen molar-refractivity contribution in [1.82, 2.24) is 19.6 Å². The molecular formula is C19H28N4OS. The number of hydrogen-bond acceptors (Lipinski definition) is 4. The van der Waals surface area contributed by atoms with Crippen molar-refractivity contribution in [3.8, 4) is 0 Å². The van der Waals surface area contributed by atoms with E-state index in [1.54, 1.807) is 11.3 Å². The smallest absolute Gasteiger partial charge is 0.263 e. The molecule has 1 amide bonds. The first-order valence-electron chi connectivity index (χ1n) is 9.01. The Balaban J connectivity index is 1.76. The molecule has 0 saturated carbocycles. The molecule has 1 aliphatic rings. The van der Waals surface area contributed by atoms with Crippen LogP contribution in [0.4, 0.5) is 0 Å². The molecule has 0 aromatic carbocycles. The third-order valence-electron chi connectivity index (χ3n) is 5.25. The minimum absolute atomic E-state index is 0.157. The molecule has 25 heavy (non-hydrogen) atoms. The van der Waals surface area contributed by atoms with E-state index in [0.717, 1.165) is 36.4 Å². The van der Waals surface area contributed by atoms with Gasteiger partial charge in [-0.05, 0) is 55.8 Å². The van der Waals surface area contributed by atoms with Crippen LogP contribution in [0.5, 0.6) is 0 Å². The summed E-state index contributed by atoms with van der Waals surface area (Å²) in [4.78, 5) is 18.1. The fourth-order valence-electron chi connectivity index (χ4n) is 3.98. The summed E-state index contributed by atoms with van der Waals surface area (Å²) in [5, 5.41) is 6.37. The molecule has 0 radical (unpaired) electrons. The molecular weight excluding hydrogens is 332 g/mol. The van der Waals surface area contributed by atoms with Gasteiger partial charge in [-0.1, -0.05) is 6.92 Å². The molecule has 0 N–H and O–H groups in total. The van der Waals surface area contributed by atoms with Crippen LogP contribution < -0.4 is 0 Å². The van der Waals surface area contributed by atoms with Crippen molar-refractivity contribution < 1.29 is 4.79 Å². The Kier molecular flexibility index (Phi) is 5.59. The maximum Gasteiger partial charge on any atom is 0.263 e. The highest BCUT2D eigenvalue weighted by Gasteiger charge is 2.33. The summed E-state index contributed by atoms with van der Waals surface area (Å²) in [6.45, 7) is 3.98. The summed E-state index contributed by atoms with van der Waals surface area (Å²) in [6.07, 6.45) is 7.31. The lowest BCUT2D eigenvalue weighted by molar-refractivity contribution is 0.0648. The van der Waals surface area contributed by atoms with Crippen molar-refractivity contribution in [2.24, 2.45) is 13.0 Å². The number of thiophene rings is 1. The van der Waals surface area contributed by atoms with E-state index in [2.05, 4.69) is 36.2 Å². The Morgan fingerprint density at radius 2 is 2.24 bits per heavy atom. The van der Waals surface area contributed by atoms with E-state index in [-0.39, 0.29) is 5.91 Å². The minimum atomic E-state index is 0.157. The van der Waals surface area contributed by atoms with Gasteiger partial charge in [0.2, 0.25) is 0 Å². The van der Waals surface area contributed by atoms with Crippen LogP contribution in [-0.2, 0) is 13.5 Å². The average molecular weight is 361 g/mol. The predicted molar refractivity (Wildman–Crippen MR) is 102 cm³/mol. The third-order valence-corrected chi connectivity index (χ3v) is 6.20. The van der Waals surface area contributed by atoms with Gasteiger partial charge in [0.25, 0.3) is 5.91 Å². The first-order valence-corrected chi connectivity index (χ1v) is 9.89. The van der Waals surface area contributed by atoms with Gasteiger partial charge in [-0.3, -0.25) is 14.4 Å². The number of rotatable bonds is 5. The second-order valence-corrected chi connectivity index (χ2v) is 8.01. The molecule has 136 valence electrons. The lowest BCUT2D eigenvalue weighted by Gasteiger charge is -2.40. The first kappa shape index (κ1) is 18.1. The van der Waals surface area contributed by atoms with Gasteiger partial charge in [0.15, 0.2) is 0 Å². The maximum absolute atomic E-state index is 12.9. The van der Waals surface area contributed by atoms with Gasteiger partial charge < -0.3 is 4.90 Å². The van der Waals surface area contributed by atoms with E-state index in [1.807, 2.05) is 35.3 Å². The molecule has 3 rings (SSSR count). The number of nitrogens with zero attached hydrogens (tertiary/aromatic N) is 4. The summed E-state index contributed by atoms with van der Waals surface area (Å²) < 4.78 is 1.86. The maximum atomic E-state index is 12.9. The zero-order chi connectivity index (χ0) is 18.0. The topological polar surface area (TPSA) is 41.4 Å². The summed E-state index contributed by atoms with van der Waals surface area (Å²) >= 11 is 1.56. The summed E-state index contributed by atoms with van der Waals surface area (Å²) in [5.41, 5.74) is 2.41. The lowest BCUT2D eigenvalue weighted by Crippen LogP contribution is -2.42. The molecule has 0 unspecified atom stereocenters. The van der Waals surface area contributed by atoms with Crippen LogP contribution in [-0.4, -0.2) is 52.7 Å². The highest BCUT2D eigenvalue weighted by molar-refractivity contribution is 7.12. The second-order valence-electron chi connectivity index (χ2n) is 7.09. The molecule has 0 aliphatic carbocycles. The number of aryl methyl sites for hydroxylation is 2. The summed E-state index contributed by atoms with van der Waals surface area (Å²) in [6, 6.07) is 2.39. The van der Waals surface area contributed by atoms with Crippen LogP contribution in [0.15, 0.2) is 23.8 Å². The molecule has 1 fully saturated rings. The van der Waals surface area contributed by atoms with Crippen molar-refractivity contribution >= 4 is 17.2 Å². The molecule has 2 aromatic rings. The van der Waals surface area contributed by atoms with Crippen LogP contribution in [0.2, 0.25) is 0 Å². The van der Waals surface area contributed by atoms with Gasteiger partial charge in [0.05, 0.1) is 11.1 Å². The van der Waals surface area contributed by atoms with Gasteiger partial charge in [0, 0.05) is 38.4 Å². The Labute approximate surface area is 154 Å². The molecule has 1 saturated heterocycles. The van der Waals surface area contributed by atoms with Gasteiger partial charge in [-0.2, -0.15) is 5.10 Å². The highest BCUT2D eigenvalue weighted by atomic mass is 32.1. The second kappa shape index (κ2) is 7.70. The first-order chi connectivity index (χ1) is 12.0. The predicted octanol–water partition coefficient (Wildman–Crippen LogP) is 3.20. The highest BCUT2D eigenvalue weighted by Crippen LogP contribution is 2.35. The number of aromatic nitrogens is 2. The minimum Gasteiger partial charge on any atom is -0.341 e. The number of carbonyl (C=O) groups excluding carboxylic acids is 1. The van der Waals surface area contributed by atoms with Crippen molar-refractivity contribution in [2.75, 3.05) is 27.2 Å². The normalized spacial score (nSPS) is 21.4. The van der Waals surface area contributed by atoms with Gasteiger partial charge in [-0.15, -0.1) is 11.3 Å². The largest absolute Gasteiger partial charge is 0.341 e. The van der Waals surface area contributed by atoms with Crippen molar-refractivity contribution in [3.05, 3.63) is 39.8 Å². The quantitative estimate of drug-likeness (QED) is 0.822. The van der Waals surface area contributed by atoms with E-state index >= 15 is 0 Å². The molecule has 0 bridgehead atoms. The third kappa shape index (κ3) is 3.80. The van der Waals surface area contributed by atoms with Crippen molar-refractivity contribution in [3.63, 3.8) is 0 Å². The van der Waals surface area contributed by atoms with Crippen LogP contribution in [0.1, 0.15) is 46.6 Å². The van der Waals surface area contributed by atoms with Gasteiger partial charge in [0.1, 0.15) is 0 Å². The van der Waals surface area contributed by atoms with E-state index in [9.17, 15) is 4.79 Å². The Morgan fingerprint density at radius 1 is 1.44 bits per heavy atom. The van der Waals surface area contributed by atoms with Gasteiger partial charge >= 0.3 is 0 Å². The molecule has 2 atom stereocenters. The summed E-state index contributed by atoms with van der Waals surface area (Å²) in [5.74, 6) is 0.590. The zero-order valence-electron chi connectivity index (χ0n) is 15.6. The van der Waals surface area contributed by atoms with E-state index in [4.69, 9.17) is 0 Å². The zero-order valence-corrected chi connectivity index (χ0v) is 16.4. The fraction of sp³-hybridized carbons (Fsp3) is 0.579. The number of hydrogen-bond donors (Lipinski definition) is 0. The van der Waals surface area contributed by atoms with E-state index in [1.165, 1.54) is 12.0 Å². The van der Waals surface area contributed by atoms with Crippen molar-refractivity contribution in [1.29, 1.82) is 0 Å². The monoisotopic (exact) mass is 360 g/mol. The fourth-order valence-corrected chi connectivity index (χ4v) is 4.97. The van der Waals surface area contributed by atoms with Crippen molar-refractivity contribution in [2.45, 2.75) is 32.2 Å². The molecule has 1 aliphatic heterocycles. The number of amides is 1. The Morgan fingerprint density at radius 3 is 2.92 bits per heavy atom. The molecule has 2 aromatic heterocycles. The molecule has 3 heterocycles. The SMILES string of the molecule is CCc1ccsc1C(=O)N(C)C[C@@H]1CCCN(C)[C@H]1c1cnn(C)c1. The lowest BCUT2D eigenvalue weighted by atomic mass is 9.85. The van der Waals surface area contributed by atoms with E-state index in [0.29, 0.717) is 12.0 Å². The van der Waals surface area contributed by atoms with Crippen LogP contribution in [0.25, 0.3) is 0 Å². The molecule has 6 heteroatoms. The van der Waals surface area contributed by atoms with Crippen LogP contribution >= 0.6 is 11.3 Å². The number of likely N-dealkylation sites (tertiary alicyclic amines) is 1. The number of carbonyl (C=O) groups is 1. The average Bonchev–Trinajstić information content (AvgIpc) is 3.22. The molecule has 5 nitrogen and oxygen atoms in total. The summed E-state index contributed by atoms with van der Waals surface area (Å²) in [7, 11) is 6.08. The molecule has 0 spiro atoms. The van der Waals surface area contributed by atoms with Crippen LogP contribution in [0.3, 0.4) is 0 Å². The van der Waals surface area contributed by atoms with Gasteiger partial charge in [-0.25, -0.2) is 0 Å².